The molecule has 0 spiro atoms. The van der Waals surface area contributed by atoms with Crippen LogP contribution in [0.2, 0.25) is 0 Å². The Hall–Kier alpha value is -1.72. The van der Waals surface area contributed by atoms with Gasteiger partial charge in [-0.3, -0.25) is 4.98 Å². The van der Waals surface area contributed by atoms with E-state index >= 15 is 0 Å². The van der Waals surface area contributed by atoms with Gasteiger partial charge in [0.15, 0.2) is 0 Å². The number of hydrogen-bond acceptors (Lipinski definition) is 5. The quantitative estimate of drug-likeness (QED) is 0.846. The lowest BCUT2D eigenvalue weighted by molar-refractivity contribution is 0.0463. The molecule has 3 rings (SSSR count). The summed E-state index contributed by atoms with van der Waals surface area (Å²) in [6.07, 6.45) is 1.91. The maximum absolute atomic E-state index is 5.65. The van der Waals surface area contributed by atoms with Crippen LogP contribution in [0.3, 0.4) is 0 Å². The molecule has 0 bridgehead atoms. The summed E-state index contributed by atoms with van der Waals surface area (Å²) >= 11 is 0. The highest BCUT2D eigenvalue weighted by Gasteiger charge is 2.20. The molecule has 1 unspecified atom stereocenters. The molecular formula is C13H16N4O. The van der Waals surface area contributed by atoms with E-state index < -0.39 is 0 Å². The number of fused-ring (bicyclic) bond motifs is 1. The van der Waals surface area contributed by atoms with Crippen LogP contribution in [0, 0.1) is 0 Å². The molecule has 1 atom stereocenters. The van der Waals surface area contributed by atoms with Crippen LogP contribution in [0.15, 0.2) is 30.5 Å². The summed E-state index contributed by atoms with van der Waals surface area (Å²) in [5.74, 6) is 0.899. The molecule has 1 aliphatic heterocycles. The van der Waals surface area contributed by atoms with E-state index in [1.54, 1.807) is 0 Å². The molecule has 1 fully saturated rings. The van der Waals surface area contributed by atoms with Crippen LogP contribution in [0.5, 0.6) is 0 Å². The molecule has 1 aromatic heterocycles. The van der Waals surface area contributed by atoms with Gasteiger partial charge in [0.05, 0.1) is 29.9 Å². The van der Waals surface area contributed by atoms with Crippen LogP contribution in [-0.2, 0) is 4.74 Å². The predicted molar refractivity (Wildman–Crippen MR) is 70.5 cm³/mol. The van der Waals surface area contributed by atoms with Gasteiger partial charge < -0.3 is 15.4 Å². The minimum atomic E-state index is 0.0898. The van der Waals surface area contributed by atoms with E-state index in [0.29, 0.717) is 13.2 Å². The first kappa shape index (κ1) is 11.4. The van der Waals surface area contributed by atoms with Crippen molar-refractivity contribution in [3.63, 3.8) is 0 Å². The lowest BCUT2D eigenvalue weighted by Gasteiger charge is -2.32. The summed E-state index contributed by atoms with van der Waals surface area (Å²) in [5.41, 5.74) is 7.49. The molecule has 0 radical (unpaired) electrons. The van der Waals surface area contributed by atoms with Gasteiger partial charge in [0.2, 0.25) is 0 Å². The van der Waals surface area contributed by atoms with E-state index in [2.05, 4.69) is 14.9 Å². The van der Waals surface area contributed by atoms with Crippen molar-refractivity contribution in [1.82, 2.24) is 9.97 Å². The van der Waals surface area contributed by atoms with Gasteiger partial charge in [-0.25, -0.2) is 4.98 Å². The minimum absolute atomic E-state index is 0.0898. The van der Waals surface area contributed by atoms with Gasteiger partial charge in [0.1, 0.15) is 5.82 Å². The van der Waals surface area contributed by atoms with Gasteiger partial charge in [0, 0.05) is 19.6 Å². The Morgan fingerprint density at radius 2 is 2.17 bits per heavy atom. The number of para-hydroxylation sites is 2. The van der Waals surface area contributed by atoms with Crippen molar-refractivity contribution in [2.24, 2.45) is 5.73 Å². The fourth-order valence-corrected chi connectivity index (χ4v) is 2.17. The second kappa shape index (κ2) is 4.88. The Bertz CT molecular complexity index is 545. The normalized spacial score (nSPS) is 20.3. The second-order valence-electron chi connectivity index (χ2n) is 4.39. The number of hydrogen-bond donors (Lipinski definition) is 1. The Balaban J connectivity index is 1.89. The molecule has 0 saturated carbocycles. The van der Waals surface area contributed by atoms with E-state index in [4.69, 9.17) is 10.5 Å². The standard InChI is InChI=1S/C13H16N4O/c14-7-10-9-17(5-6-18-10)13-8-15-11-3-1-2-4-12(11)16-13/h1-4,8,10H,5-7,9,14H2. The number of nitrogens with two attached hydrogens (primary N) is 1. The average Bonchev–Trinajstić information content (AvgIpc) is 2.47. The van der Waals surface area contributed by atoms with Crippen LogP contribution in [0.1, 0.15) is 0 Å². The number of benzene rings is 1. The SMILES string of the molecule is NCC1CN(c2cnc3ccccc3n2)CCO1. The third kappa shape index (κ3) is 2.14. The van der Waals surface area contributed by atoms with Crippen LogP contribution in [0.25, 0.3) is 11.0 Å². The largest absolute Gasteiger partial charge is 0.373 e. The fraction of sp³-hybridized carbons (Fsp3) is 0.385. The Morgan fingerprint density at radius 3 is 3.00 bits per heavy atom. The van der Waals surface area contributed by atoms with Crippen molar-refractivity contribution in [1.29, 1.82) is 0 Å². The van der Waals surface area contributed by atoms with E-state index in [1.165, 1.54) is 0 Å². The molecule has 1 saturated heterocycles. The highest BCUT2D eigenvalue weighted by atomic mass is 16.5. The summed E-state index contributed by atoms with van der Waals surface area (Å²) in [4.78, 5) is 11.2. The first-order chi connectivity index (χ1) is 8.86. The number of morpholine rings is 1. The molecule has 2 N–H and O–H groups in total. The zero-order valence-corrected chi connectivity index (χ0v) is 10.1. The zero-order chi connectivity index (χ0) is 12.4. The molecule has 18 heavy (non-hydrogen) atoms. The summed E-state index contributed by atoms with van der Waals surface area (Å²) < 4.78 is 5.55. The highest BCUT2D eigenvalue weighted by molar-refractivity contribution is 5.75. The number of ether oxygens (including phenoxy) is 1. The van der Waals surface area contributed by atoms with Gasteiger partial charge in [-0.05, 0) is 12.1 Å². The number of nitrogens with zero attached hydrogens (tertiary/aromatic N) is 3. The van der Waals surface area contributed by atoms with Crippen molar-refractivity contribution in [3.05, 3.63) is 30.5 Å². The molecule has 94 valence electrons. The molecule has 5 heteroatoms. The van der Waals surface area contributed by atoms with Crippen LogP contribution in [0.4, 0.5) is 5.82 Å². The first-order valence-electron chi connectivity index (χ1n) is 6.15. The van der Waals surface area contributed by atoms with Gasteiger partial charge in [0.25, 0.3) is 0 Å². The molecule has 1 aromatic carbocycles. The molecule has 2 heterocycles. The maximum Gasteiger partial charge on any atom is 0.148 e. The molecule has 5 nitrogen and oxygen atoms in total. The van der Waals surface area contributed by atoms with Gasteiger partial charge in [-0.2, -0.15) is 0 Å². The Kier molecular flexibility index (Phi) is 3.08. The molecule has 2 aromatic rings. The monoisotopic (exact) mass is 244 g/mol. The number of rotatable bonds is 2. The third-order valence-corrected chi connectivity index (χ3v) is 3.16. The van der Waals surface area contributed by atoms with Crippen molar-refractivity contribution in [2.75, 3.05) is 31.1 Å². The van der Waals surface area contributed by atoms with Gasteiger partial charge >= 0.3 is 0 Å². The topological polar surface area (TPSA) is 64.3 Å². The molecule has 0 amide bonds. The Morgan fingerprint density at radius 1 is 1.33 bits per heavy atom. The summed E-state index contributed by atoms with van der Waals surface area (Å²) in [5, 5.41) is 0. The van der Waals surface area contributed by atoms with Crippen molar-refractivity contribution >= 4 is 16.9 Å². The van der Waals surface area contributed by atoms with E-state index in [1.807, 2.05) is 30.5 Å². The smallest absolute Gasteiger partial charge is 0.148 e. The number of aromatic nitrogens is 2. The lowest BCUT2D eigenvalue weighted by atomic mass is 10.2. The molecule has 0 aliphatic carbocycles. The number of anilines is 1. The van der Waals surface area contributed by atoms with Crippen LogP contribution >= 0.6 is 0 Å². The summed E-state index contributed by atoms with van der Waals surface area (Å²) in [6.45, 7) is 2.85. The van der Waals surface area contributed by atoms with E-state index in [-0.39, 0.29) is 6.10 Å². The molecule has 1 aliphatic rings. The van der Waals surface area contributed by atoms with E-state index in [9.17, 15) is 0 Å². The fourth-order valence-electron chi connectivity index (χ4n) is 2.17. The van der Waals surface area contributed by atoms with Crippen molar-refractivity contribution in [2.45, 2.75) is 6.10 Å². The average molecular weight is 244 g/mol. The molecular weight excluding hydrogens is 228 g/mol. The van der Waals surface area contributed by atoms with Crippen molar-refractivity contribution in [3.8, 4) is 0 Å². The minimum Gasteiger partial charge on any atom is -0.373 e. The Labute approximate surface area is 106 Å². The lowest BCUT2D eigenvalue weighted by Crippen LogP contribution is -2.46. The first-order valence-corrected chi connectivity index (χ1v) is 6.15. The maximum atomic E-state index is 5.65. The van der Waals surface area contributed by atoms with Crippen LogP contribution < -0.4 is 10.6 Å². The summed E-state index contributed by atoms with van der Waals surface area (Å²) in [7, 11) is 0. The van der Waals surface area contributed by atoms with Crippen LogP contribution in [-0.4, -0.2) is 42.3 Å². The summed E-state index contributed by atoms with van der Waals surface area (Å²) in [6, 6.07) is 7.89. The van der Waals surface area contributed by atoms with E-state index in [0.717, 1.165) is 29.9 Å². The third-order valence-electron chi connectivity index (χ3n) is 3.16. The van der Waals surface area contributed by atoms with Gasteiger partial charge in [-0.1, -0.05) is 12.1 Å². The zero-order valence-electron chi connectivity index (χ0n) is 10.1. The second-order valence-corrected chi connectivity index (χ2v) is 4.39. The van der Waals surface area contributed by atoms with Crippen molar-refractivity contribution < 1.29 is 4.74 Å². The van der Waals surface area contributed by atoms with Gasteiger partial charge in [-0.15, -0.1) is 0 Å². The highest BCUT2D eigenvalue weighted by Crippen LogP contribution is 2.17. The predicted octanol–water partition coefficient (Wildman–Crippen LogP) is 0.794.